The van der Waals surface area contributed by atoms with Gasteiger partial charge in [0.05, 0.1) is 0 Å². The SMILES string of the molecule is CCN(CCc1ccccc1)CC1CCC1. The molecule has 0 unspecified atom stereocenters. The molecule has 1 aliphatic carbocycles. The van der Waals surface area contributed by atoms with Crippen molar-refractivity contribution < 1.29 is 0 Å². The van der Waals surface area contributed by atoms with Crippen LogP contribution < -0.4 is 0 Å². The van der Waals surface area contributed by atoms with E-state index in [9.17, 15) is 0 Å². The minimum Gasteiger partial charge on any atom is -0.303 e. The Bertz CT molecular complexity index is 290. The van der Waals surface area contributed by atoms with E-state index in [0.717, 1.165) is 5.92 Å². The monoisotopic (exact) mass is 217 g/mol. The molecule has 0 radical (unpaired) electrons. The van der Waals surface area contributed by atoms with Crippen molar-refractivity contribution in [3.05, 3.63) is 35.9 Å². The standard InChI is InChI=1S/C15H23N/c1-2-16(13-15-9-6-10-15)12-11-14-7-4-3-5-8-14/h3-5,7-8,15H,2,6,9-13H2,1H3. The zero-order valence-corrected chi connectivity index (χ0v) is 10.4. The van der Waals surface area contributed by atoms with E-state index in [0.29, 0.717) is 0 Å². The first-order valence-electron chi connectivity index (χ1n) is 6.64. The van der Waals surface area contributed by atoms with E-state index in [2.05, 4.69) is 42.2 Å². The normalized spacial score (nSPS) is 16.4. The zero-order valence-electron chi connectivity index (χ0n) is 10.4. The predicted octanol–water partition coefficient (Wildman–Crippen LogP) is 3.35. The fraction of sp³-hybridized carbons (Fsp3) is 0.600. The highest BCUT2D eigenvalue weighted by molar-refractivity contribution is 5.14. The third-order valence-corrected chi connectivity index (χ3v) is 3.75. The van der Waals surface area contributed by atoms with Gasteiger partial charge < -0.3 is 4.90 Å². The molecule has 1 fully saturated rings. The second-order valence-electron chi connectivity index (χ2n) is 4.93. The van der Waals surface area contributed by atoms with Gasteiger partial charge in [-0.15, -0.1) is 0 Å². The largest absolute Gasteiger partial charge is 0.303 e. The van der Waals surface area contributed by atoms with Crippen molar-refractivity contribution in [2.24, 2.45) is 5.92 Å². The summed E-state index contributed by atoms with van der Waals surface area (Å²) < 4.78 is 0. The molecular formula is C15H23N. The van der Waals surface area contributed by atoms with Crippen LogP contribution in [0, 0.1) is 5.92 Å². The molecule has 0 atom stereocenters. The maximum absolute atomic E-state index is 2.61. The molecule has 0 amide bonds. The van der Waals surface area contributed by atoms with Crippen molar-refractivity contribution in [3.8, 4) is 0 Å². The lowest BCUT2D eigenvalue weighted by Gasteiger charge is -2.31. The van der Waals surface area contributed by atoms with Gasteiger partial charge in [0, 0.05) is 13.1 Å². The smallest absolute Gasteiger partial charge is 0.00218 e. The molecule has 0 heterocycles. The summed E-state index contributed by atoms with van der Waals surface area (Å²) in [6.45, 7) is 6.02. The minimum absolute atomic E-state index is 0.996. The Labute approximate surface area is 99.5 Å². The number of hydrogen-bond donors (Lipinski definition) is 0. The number of rotatable bonds is 6. The molecule has 1 aromatic carbocycles. The van der Waals surface area contributed by atoms with Gasteiger partial charge in [-0.2, -0.15) is 0 Å². The lowest BCUT2D eigenvalue weighted by molar-refractivity contribution is 0.185. The number of benzene rings is 1. The summed E-state index contributed by atoms with van der Waals surface area (Å²) in [6, 6.07) is 10.8. The van der Waals surface area contributed by atoms with E-state index >= 15 is 0 Å². The van der Waals surface area contributed by atoms with E-state index in [-0.39, 0.29) is 0 Å². The first-order valence-corrected chi connectivity index (χ1v) is 6.64. The third kappa shape index (κ3) is 3.34. The van der Waals surface area contributed by atoms with E-state index in [1.54, 1.807) is 0 Å². The highest BCUT2D eigenvalue weighted by atomic mass is 15.1. The lowest BCUT2D eigenvalue weighted by atomic mass is 9.85. The lowest BCUT2D eigenvalue weighted by Crippen LogP contribution is -2.33. The topological polar surface area (TPSA) is 3.24 Å². The molecule has 0 spiro atoms. The average molecular weight is 217 g/mol. The van der Waals surface area contributed by atoms with Gasteiger partial charge in [-0.05, 0) is 37.3 Å². The molecule has 0 bridgehead atoms. The maximum Gasteiger partial charge on any atom is 0.00218 e. The van der Waals surface area contributed by atoms with E-state index < -0.39 is 0 Å². The molecular weight excluding hydrogens is 194 g/mol. The van der Waals surface area contributed by atoms with Gasteiger partial charge in [0.25, 0.3) is 0 Å². The summed E-state index contributed by atoms with van der Waals surface area (Å²) in [4.78, 5) is 2.61. The fourth-order valence-electron chi connectivity index (χ4n) is 2.35. The molecule has 1 aromatic rings. The Morgan fingerprint density at radius 1 is 1.19 bits per heavy atom. The van der Waals surface area contributed by atoms with Gasteiger partial charge in [0.15, 0.2) is 0 Å². The van der Waals surface area contributed by atoms with Crippen LogP contribution in [0.15, 0.2) is 30.3 Å². The van der Waals surface area contributed by atoms with Crippen LogP contribution >= 0.6 is 0 Å². The zero-order chi connectivity index (χ0) is 11.2. The van der Waals surface area contributed by atoms with Crippen LogP contribution in [0.5, 0.6) is 0 Å². The summed E-state index contributed by atoms with van der Waals surface area (Å²) in [5.74, 6) is 0.996. The molecule has 1 heteroatoms. The second-order valence-corrected chi connectivity index (χ2v) is 4.93. The van der Waals surface area contributed by atoms with Crippen LogP contribution in [0.3, 0.4) is 0 Å². The van der Waals surface area contributed by atoms with Crippen LogP contribution in [0.4, 0.5) is 0 Å². The number of likely N-dealkylation sites (N-methyl/N-ethyl adjacent to an activating group) is 1. The summed E-state index contributed by atoms with van der Waals surface area (Å²) in [5, 5.41) is 0. The van der Waals surface area contributed by atoms with Crippen molar-refractivity contribution in [3.63, 3.8) is 0 Å². The summed E-state index contributed by atoms with van der Waals surface area (Å²) >= 11 is 0. The van der Waals surface area contributed by atoms with Crippen molar-refractivity contribution in [2.75, 3.05) is 19.6 Å². The third-order valence-electron chi connectivity index (χ3n) is 3.75. The highest BCUT2D eigenvalue weighted by Crippen LogP contribution is 2.27. The van der Waals surface area contributed by atoms with E-state index in [1.165, 1.54) is 50.9 Å². The van der Waals surface area contributed by atoms with Gasteiger partial charge in [-0.1, -0.05) is 43.7 Å². The molecule has 88 valence electrons. The molecule has 0 aromatic heterocycles. The Kier molecular flexibility index (Phi) is 4.41. The molecule has 1 aliphatic rings. The molecule has 2 rings (SSSR count). The summed E-state index contributed by atoms with van der Waals surface area (Å²) in [6.07, 6.45) is 5.58. The average Bonchev–Trinajstić information content (AvgIpc) is 2.28. The van der Waals surface area contributed by atoms with Crippen LogP contribution in [0.2, 0.25) is 0 Å². The van der Waals surface area contributed by atoms with E-state index in [4.69, 9.17) is 0 Å². The van der Waals surface area contributed by atoms with Crippen LogP contribution in [0.1, 0.15) is 31.7 Å². The quantitative estimate of drug-likeness (QED) is 0.706. The Morgan fingerprint density at radius 3 is 2.50 bits per heavy atom. The molecule has 0 saturated heterocycles. The van der Waals surface area contributed by atoms with Gasteiger partial charge in [0.1, 0.15) is 0 Å². The number of hydrogen-bond acceptors (Lipinski definition) is 1. The van der Waals surface area contributed by atoms with Gasteiger partial charge in [-0.25, -0.2) is 0 Å². The van der Waals surface area contributed by atoms with Crippen molar-refractivity contribution in [1.29, 1.82) is 0 Å². The first kappa shape index (κ1) is 11.7. The second kappa shape index (κ2) is 6.05. The molecule has 16 heavy (non-hydrogen) atoms. The van der Waals surface area contributed by atoms with Crippen molar-refractivity contribution in [1.82, 2.24) is 4.90 Å². The summed E-state index contributed by atoms with van der Waals surface area (Å²) in [5.41, 5.74) is 1.47. The Morgan fingerprint density at radius 2 is 1.94 bits per heavy atom. The minimum atomic E-state index is 0.996. The number of nitrogens with zero attached hydrogens (tertiary/aromatic N) is 1. The molecule has 0 N–H and O–H groups in total. The van der Waals surface area contributed by atoms with Crippen molar-refractivity contribution in [2.45, 2.75) is 32.6 Å². The Balaban J connectivity index is 1.73. The molecule has 1 saturated carbocycles. The van der Waals surface area contributed by atoms with Gasteiger partial charge in [-0.3, -0.25) is 0 Å². The van der Waals surface area contributed by atoms with Crippen LogP contribution in [-0.4, -0.2) is 24.5 Å². The van der Waals surface area contributed by atoms with Crippen molar-refractivity contribution >= 4 is 0 Å². The Hall–Kier alpha value is -0.820. The molecule has 1 nitrogen and oxygen atoms in total. The maximum atomic E-state index is 2.61. The van der Waals surface area contributed by atoms with Crippen LogP contribution in [0.25, 0.3) is 0 Å². The van der Waals surface area contributed by atoms with Gasteiger partial charge >= 0.3 is 0 Å². The molecule has 0 aliphatic heterocycles. The fourth-order valence-corrected chi connectivity index (χ4v) is 2.35. The first-order chi connectivity index (χ1) is 7.88. The highest BCUT2D eigenvalue weighted by Gasteiger charge is 2.19. The predicted molar refractivity (Wildman–Crippen MR) is 69.6 cm³/mol. The van der Waals surface area contributed by atoms with Gasteiger partial charge in [0.2, 0.25) is 0 Å². The van der Waals surface area contributed by atoms with E-state index in [1.807, 2.05) is 0 Å². The van der Waals surface area contributed by atoms with Crippen LogP contribution in [-0.2, 0) is 6.42 Å². The summed E-state index contributed by atoms with van der Waals surface area (Å²) in [7, 11) is 0.